The van der Waals surface area contributed by atoms with Crippen molar-refractivity contribution < 1.29 is 4.74 Å². The van der Waals surface area contributed by atoms with Crippen LogP contribution in [0.25, 0.3) is 11.3 Å². The van der Waals surface area contributed by atoms with E-state index in [4.69, 9.17) is 10.5 Å². The summed E-state index contributed by atoms with van der Waals surface area (Å²) in [5.41, 5.74) is 11.0. The van der Waals surface area contributed by atoms with E-state index in [1.807, 2.05) is 13.0 Å². The van der Waals surface area contributed by atoms with Gasteiger partial charge in [-0.2, -0.15) is 0 Å². The highest BCUT2D eigenvalue weighted by atomic mass is 16.5. The molecule has 0 aliphatic rings. The topological polar surface area (TPSA) is 61.0 Å². The number of methoxy groups -OCH3 is 1. The molecule has 0 unspecified atom stereocenters. The Kier molecular flexibility index (Phi) is 3.81. The molecule has 1 heterocycles. The molecule has 100 valence electrons. The van der Waals surface area contributed by atoms with Crippen LogP contribution in [0.5, 0.6) is 5.75 Å². The van der Waals surface area contributed by atoms with Crippen LogP contribution >= 0.6 is 0 Å². The highest BCUT2D eigenvalue weighted by Crippen LogP contribution is 2.33. The number of aryl methyl sites for hydroxylation is 1. The fraction of sp³-hybridized carbons (Fsp3) is 0.333. The van der Waals surface area contributed by atoms with Crippen LogP contribution in [-0.4, -0.2) is 17.1 Å². The van der Waals surface area contributed by atoms with Crippen LogP contribution in [0.1, 0.15) is 22.5 Å². The molecule has 0 fully saturated rings. The van der Waals surface area contributed by atoms with Crippen molar-refractivity contribution in [2.75, 3.05) is 7.11 Å². The first-order chi connectivity index (χ1) is 9.08. The zero-order valence-corrected chi connectivity index (χ0v) is 11.8. The van der Waals surface area contributed by atoms with Gasteiger partial charge < -0.3 is 10.5 Å². The maximum absolute atomic E-state index is 5.60. The predicted molar refractivity (Wildman–Crippen MR) is 76.1 cm³/mol. The van der Waals surface area contributed by atoms with E-state index >= 15 is 0 Å². The highest BCUT2D eigenvalue weighted by Gasteiger charge is 2.13. The van der Waals surface area contributed by atoms with Crippen LogP contribution in [0.2, 0.25) is 0 Å². The molecule has 4 heteroatoms. The van der Waals surface area contributed by atoms with E-state index in [9.17, 15) is 0 Å². The van der Waals surface area contributed by atoms with Crippen molar-refractivity contribution in [1.29, 1.82) is 0 Å². The molecule has 1 aromatic heterocycles. The van der Waals surface area contributed by atoms with E-state index in [-0.39, 0.29) is 0 Å². The molecular weight excluding hydrogens is 238 g/mol. The van der Waals surface area contributed by atoms with Crippen molar-refractivity contribution >= 4 is 0 Å². The molecule has 19 heavy (non-hydrogen) atoms. The van der Waals surface area contributed by atoms with E-state index in [0.717, 1.165) is 28.1 Å². The molecule has 0 aliphatic heterocycles. The number of hydrogen-bond donors (Lipinski definition) is 1. The number of nitrogens with two attached hydrogens (primary N) is 1. The largest absolute Gasteiger partial charge is 0.496 e. The van der Waals surface area contributed by atoms with Gasteiger partial charge in [0, 0.05) is 11.8 Å². The van der Waals surface area contributed by atoms with Gasteiger partial charge in [0.25, 0.3) is 0 Å². The summed E-state index contributed by atoms with van der Waals surface area (Å²) < 4.78 is 5.44. The Labute approximate surface area is 113 Å². The average molecular weight is 257 g/mol. The van der Waals surface area contributed by atoms with Crippen molar-refractivity contribution in [3.05, 3.63) is 40.8 Å². The van der Waals surface area contributed by atoms with Gasteiger partial charge in [-0.3, -0.25) is 0 Å². The third-order valence-electron chi connectivity index (χ3n) is 3.39. The third-order valence-corrected chi connectivity index (χ3v) is 3.39. The second-order valence-electron chi connectivity index (χ2n) is 4.59. The predicted octanol–water partition coefficient (Wildman–Crippen LogP) is 2.54. The first-order valence-corrected chi connectivity index (χ1v) is 6.25. The second kappa shape index (κ2) is 5.36. The average Bonchev–Trinajstić information content (AvgIpc) is 2.43. The Bertz CT molecular complexity index is 609. The zero-order valence-electron chi connectivity index (χ0n) is 11.8. The van der Waals surface area contributed by atoms with Crippen molar-refractivity contribution in [1.82, 2.24) is 9.97 Å². The number of hydrogen-bond acceptors (Lipinski definition) is 4. The molecule has 2 N–H and O–H groups in total. The van der Waals surface area contributed by atoms with E-state index in [1.165, 1.54) is 5.56 Å². The lowest BCUT2D eigenvalue weighted by atomic mass is 9.96. The summed E-state index contributed by atoms with van der Waals surface area (Å²) in [7, 11) is 1.70. The third kappa shape index (κ3) is 2.44. The minimum absolute atomic E-state index is 0.348. The van der Waals surface area contributed by atoms with Crippen LogP contribution in [0.15, 0.2) is 18.3 Å². The Balaban J connectivity index is 2.62. The number of nitrogens with zero attached hydrogens (tertiary/aromatic N) is 2. The van der Waals surface area contributed by atoms with Gasteiger partial charge in [0.05, 0.1) is 19.3 Å². The molecule has 2 rings (SSSR count). The number of benzene rings is 1. The van der Waals surface area contributed by atoms with Crippen LogP contribution < -0.4 is 10.5 Å². The Morgan fingerprint density at radius 3 is 2.58 bits per heavy atom. The van der Waals surface area contributed by atoms with Gasteiger partial charge in [0.15, 0.2) is 0 Å². The molecular formula is C15H19N3O. The minimum atomic E-state index is 0.348. The summed E-state index contributed by atoms with van der Waals surface area (Å²) in [5.74, 6) is 1.59. The van der Waals surface area contributed by atoms with Gasteiger partial charge in [-0.25, -0.2) is 9.97 Å². The first-order valence-electron chi connectivity index (χ1n) is 6.25. The molecule has 0 bridgehead atoms. The standard InChI is InChI=1S/C15H19N3O/c1-9-7-12(10(2)11(3)15(9)19-4)13-5-6-17-14(8-16)18-13/h5-7H,8,16H2,1-4H3. The Morgan fingerprint density at radius 1 is 1.21 bits per heavy atom. The van der Waals surface area contributed by atoms with Crippen molar-refractivity contribution in [2.45, 2.75) is 27.3 Å². The first kappa shape index (κ1) is 13.5. The molecule has 1 aromatic carbocycles. The quantitative estimate of drug-likeness (QED) is 0.918. The maximum Gasteiger partial charge on any atom is 0.142 e. The van der Waals surface area contributed by atoms with Gasteiger partial charge in [-0.05, 0) is 49.6 Å². The molecule has 0 saturated carbocycles. The lowest BCUT2D eigenvalue weighted by molar-refractivity contribution is 0.408. The summed E-state index contributed by atoms with van der Waals surface area (Å²) in [5, 5.41) is 0. The monoisotopic (exact) mass is 257 g/mol. The van der Waals surface area contributed by atoms with Crippen LogP contribution in [0.4, 0.5) is 0 Å². The fourth-order valence-corrected chi connectivity index (χ4v) is 2.29. The van der Waals surface area contributed by atoms with Crippen LogP contribution in [0, 0.1) is 20.8 Å². The van der Waals surface area contributed by atoms with E-state index < -0.39 is 0 Å². The molecule has 4 nitrogen and oxygen atoms in total. The van der Waals surface area contributed by atoms with E-state index in [1.54, 1.807) is 13.3 Å². The van der Waals surface area contributed by atoms with Crippen molar-refractivity contribution in [3.63, 3.8) is 0 Å². The SMILES string of the molecule is COc1c(C)cc(-c2ccnc(CN)n2)c(C)c1C. The lowest BCUT2D eigenvalue weighted by Gasteiger charge is -2.15. The molecule has 0 aliphatic carbocycles. The molecule has 0 radical (unpaired) electrons. The van der Waals surface area contributed by atoms with Crippen LogP contribution in [-0.2, 0) is 6.54 Å². The summed E-state index contributed by atoms with van der Waals surface area (Å²) in [6.07, 6.45) is 1.75. The number of rotatable bonds is 3. The zero-order chi connectivity index (χ0) is 14.0. The van der Waals surface area contributed by atoms with E-state index in [0.29, 0.717) is 12.4 Å². The molecule has 0 amide bonds. The van der Waals surface area contributed by atoms with Gasteiger partial charge in [-0.15, -0.1) is 0 Å². The summed E-state index contributed by atoms with van der Waals surface area (Å²) >= 11 is 0. The second-order valence-corrected chi connectivity index (χ2v) is 4.59. The lowest BCUT2D eigenvalue weighted by Crippen LogP contribution is -2.04. The van der Waals surface area contributed by atoms with Crippen molar-refractivity contribution in [3.8, 4) is 17.0 Å². The van der Waals surface area contributed by atoms with E-state index in [2.05, 4.69) is 29.9 Å². The van der Waals surface area contributed by atoms with Crippen LogP contribution in [0.3, 0.4) is 0 Å². The fourth-order valence-electron chi connectivity index (χ4n) is 2.29. The smallest absolute Gasteiger partial charge is 0.142 e. The van der Waals surface area contributed by atoms with Gasteiger partial charge in [0.1, 0.15) is 11.6 Å². The van der Waals surface area contributed by atoms with Crippen molar-refractivity contribution in [2.24, 2.45) is 5.73 Å². The van der Waals surface area contributed by atoms with Gasteiger partial charge in [0.2, 0.25) is 0 Å². The van der Waals surface area contributed by atoms with Gasteiger partial charge >= 0.3 is 0 Å². The maximum atomic E-state index is 5.60. The number of aromatic nitrogens is 2. The molecule has 0 spiro atoms. The van der Waals surface area contributed by atoms with Gasteiger partial charge in [-0.1, -0.05) is 0 Å². The molecule has 0 atom stereocenters. The number of ether oxygens (including phenoxy) is 1. The Hall–Kier alpha value is -1.94. The summed E-state index contributed by atoms with van der Waals surface area (Å²) in [4.78, 5) is 8.61. The molecule has 0 saturated heterocycles. The minimum Gasteiger partial charge on any atom is -0.496 e. The normalized spacial score (nSPS) is 10.6. The molecule has 2 aromatic rings. The Morgan fingerprint density at radius 2 is 1.95 bits per heavy atom. The highest BCUT2D eigenvalue weighted by molar-refractivity contribution is 5.68. The summed E-state index contributed by atoms with van der Waals surface area (Å²) in [6, 6.07) is 4.01. The summed E-state index contributed by atoms with van der Waals surface area (Å²) in [6.45, 7) is 6.54.